The SMILES string of the molecule is c1ccc(COc2ccc3c(c2)CCC(c2ccccc2)C3c2ccc(OCCCC3CC4(C3)OCCO4)cc2)cc1. The summed E-state index contributed by atoms with van der Waals surface area (Å²) in [5.41, 5.74) is 6.73. The number of rotatable bonds is 10. The van der Waals surface area contributed by atoms with Gasteiger partial charge >= 0.3 is 0 Å². The fraction of sp³-hybridized carbons (Fsp3) is 0.368. The monoisotopic (exact) mass is 560 g/mol. The molecule has 4 aromatic carbocycles. The summed E-state index contributed by atoms with van der Waals surface area (Å²) in [5, 5.41) is 0. The summed E-state index contributed by atoms with van der Waals surface area (Å²) in [6.07, 6.45) is 6.46. The first-order valence-corrected chi connectivity index (χ1v) is 15.6. The van der Waals surface area contributed by atoms with E-state index in [-0.39, 0.29) is 5.79 Å². The van der Waals surface area contributed by atoms with E-state index in [0.29, 0.717) is 24.4 Å². The van der Waals surface area contributed by atoms with Crippen LogP contribution in [-0.4, -0.2) is 25.6 Å². The van der Waals surface area contributed by atoms with Gasteiger partial charge < -0.3 is 18.9 Å². The van der Waals surface area contributed by atoms with Gasteiger partial charge in [-0.1, -0.05) is 78.9 Å². The van der Waals surface area contributed by atoms with Crippen LogP contribution >= 0.6 is 0 Å². The smallest absolute Gasteiger partial charge is 0.169 e. The minimum Gasteiger partial charge on any atom is -0.494 e. The topological polar surface area (TPSA) is 36.9 Å². The third-order valence-corrected chi connectivity index (χ3v) is 9.33. The predicted octanol–water partition coefficient (Wildman–Crippen LogP) is 8.44. The molecule has 4 heteroatoms. The fourth-order valence-corrected chi connectivity index (χ4v) is 7.19. The lowest BCUT2D eigenvalue weighted by Gasteiger charge is -2.43. The van der Waals surface area contributed by atoms with E-state index in [1.807, 2.05) is 6.07 Å². The Kier molecular flexibility index (Phi) is 8.00. The van der Waals surface area contributed by atoms with E-state index in [0.717, 1.165) is 63.4 Å². The highest BCUT2D eigenvalue weighted by Gasteiger charge is 2.48. The molecule has 0 radical (unpaired) electrons. The van der Waals surface area contributed by atoms with Gasteiger partial charge in [0.05, 0.1) is 19.8 Å². The Hall–Kier alpha value is -3.60. The number of fused-ring (bicyclic) bond motifs is 1. The largest absolute Gasteiger partial charge is 0.494 e. The van der Waals surface area contributed by atoms with E-state index >= 15 is 0 Å². The van der Waals surface area contributed by atoms with Crippen molar-refractivity contribution in [3.63, 3.8) is 0 Å². The van der Waals surface area contributed by atoms with Crippen LogP contribution in [0.4, 0.5) is 0 Å². The van der Waals surface area contributed by atoms with Crippen molar-refractivity contribution in [2.75, 3.05) is 19.8 Å². The zero-order valence-corrected chi connectivity index (χ0v) is 24.3. The van der Waals surface area contributed by atoms with E-state index in [9.17, 15) is 0 Å². The molecule has 0 N–H and O–H groups in total. The summed E-state index contributed by atoms with van der Waals surface area (Å²) in [7, 11) is 0. The molecule has 0 bridgehead atoms. The molecule has 1 saturated heterocycles. The Bertz CT molecular complexity index is 1440. The third kappa shape index (κ3) is 5.97. The van der Waals surface area contributed by atoms with Crippen molar-refractivity contribution in [3.8, 4) is 11.5 Å². The second kappa shape index (κ2) is 12.3. The Morgan fingerprint density at radius 1 is 0.714 bits per heavy atom. The molecule has 1 heterocycles. The van der Waals surface area contributed by atoms with Gasteiger partial charge in [0.2, 0.25) is 0 Å². The molecule has 42 heavy (non-hydrogen) atoms. The van der Waals surface area contributed by atoms with Crippen LogP contribution in [0.3, 0.4) is 0 Å². The molecule has 2 aliphatic carbocycles. The molecule has 1 spiro atoms. The number of aryl methyl sites for hydroxylation is 1. The Balaban J connectivity index is 1.03. The number of ether oxygens (including phenoxy) is 4. The van der Waals surface area contributed by atoms with Gasteiger partial charge in [-0.2, -0.15) is 0 Å². The zero-order chi connectivity index (χ0) is 28.2. The van der Waals surface area contributed by atoms with E-state index in [1.165, 1.54) is 34.2 Å². The summed E-state index contributed by atoms with van der Waals surface area (Å²) < 4.78 is 23.9. The van der Waals surface area contributed by atoms with Gasteiger partial charge in [-0.05, 0) is 89.6 Å². The van der Waals surface area contributed by atoms with Crippen LogP contribution in [0, 0.1) is 5.92 Å². The van der Waals surface area contributed by atoms with Crippen molar-refractivity contribution >= 4 is 0 Å². The van der Waals surface area contributed by atoms with Gasteiger partial charge in [-0.3, -0.25) is 0 Å². The van der Waals surface area contributed by atoms with Gasteiger partial charge in [-0.25, -0.2) is 0 Å². The standard InChI is InChI=1S/C38H40O4/c1-3-8-28(9-4-1)27-40-34-18-20-36-32(24-34)15-19-35(30-11-5-2-6-12-30)37(36)31-13-16-33(17-14-31)39-21-7-10-29-25-38(26-29)41-22-23-42-38/h1-6,8-9,11-14,16-18,20,24,29,35,37H,7,10,15,19,21-23,25-27H2. The highest BCUT2D eigenvalue weighted by molar-refractivity contribution is 5.48. The molecular formula is C38H40O4. The fourth-order valence-electron chi connectivity index (χ4n) is 7.19. The lowest BCUT2D eigenvalue weighted by atomic mass is 9.69. The van der Waals surface area contributed by atoms with Crippen LogP contribution in [0.5, 0.6) is 11.5 Å². The van der Waals surface area contributed by atoms with Crippen molar-refractivity contribution < 1.29 is 18.9 Å². The van der Waals surface area contributed by atoms with Crippen LogP contribution in [0.2, 0.25) is 0 Å². The lowest BCUT2D eigenvalue weighted by molar-refractivity contribution is -0.231. The van der Waals surface area contributed by atoms with E-state index in [2.05, 4.69) is 97.1 Å². The Labute approximate surface area is 249 Å². The quantitative estimate of drug-likeness (QED) is 0.182. The maximum atomic E-state index is 6.19. The molecule has 2 atom stereocenters. The van der Waals surface area contributed by atoms with Crippen molar-refractivity contribution in [2.24, 2.45) is 5.92 Å². The summed E-state index contributed by atoms with van der Waals surface area (Å²) in [6, 6.07) is 36.9. The zero-order valence-electron chi connectivity index (χ0n) is 24.3. The highest BCUT2D eigenvalue weighted by Crippen LogP contribution is 2.48. The molecule has 216 valence electrons. The van der Waals surface area contributed by atoms with Gasteiger partial charge in [0, 0.05) is 18.8 Å². The summed E-state index contributed by atoms with van der Waals surface area (Å²) in [6.45, 7) is 2.82. The van der Waals surface area contributed by atoms with Gasteiger partial charge in [0.25, 0.3) is 0 Å². The van der Waals surface area contributed by atoms with Crippen LogP contribution in [-0.2, 0) is 22.5 Å². The first-order valence-electron chi connectivity index (χ1n) is 15.6. The number of hydrogen-bond donors (Lipinski definition) is 0. The number of hydrogen-bond acceptors (Lipinski definition) is 4. The van der Waals surface area contributed by atoms with Gasteiger partial charge in [-0.15, -0.1) is 0 Å². The molecule has 0 amide bonds. The Morgan fingerprint density at radius 2 is 1.43 bits per heavy atom. The molecule has 7 rings (SSSR count). The van der Waals surface area contributed by atoms with Gasteiger partial charge in [0.15, 0.2) is 5.79 Å². The van der Waals surface area contributed by atoms with Crippen LogP contribution in [0.1, 0.15) is 71.8 Å². The molecular weight excluding hydrogens is 520 g/mol. The van der Waals surface area contributed by atoms with Crippen LogP contribution < -0.4 is 9.47 Å². The first kappa shape index (κ1) is 27.2. The molecule has 1 saturated carbocycles. The first-order chi connectivity index (χ1) is 20.7. The molecule has 0 aromatic heterocycles. The summed E-state index contributed by atoms with van der Waals surface area (Å²) >= 11 is 0. The maximum Gasteiger partial charge on any atom is 0.169 e. The minimum absolute atomic E-state index is 0.243. The van der Waals surface area contributed by atoms with Crippen molar-refractivity contribution in [3.05, 3.63) is 131 Å². The van der Waals surface area contributed by atoms with Crippen molar-refractivity contribution in [1.29, 1.82) is 0 Å². The summed E-state index contributed by atoms with van der Waals surface area (Å²) in [4.78, 5) is 0. The lowest BCUT2D eigenvalue weighted by Crippen LogP contribution is -2.44. The molecule has 2 unspecified atom stereocenters. The second-order valence-corrected chi connectivity index (χ2v) is 12.1. The van der Waals surface area contributed by atoms with Crippen molar-refractivity contribution in [1.82, 2.24) is 0 Å². The minimum atomic E-state index is -0.243. The van der Waals surface area contributed by atoms with E-state index < -0.39 is 0 Å². The van der Waals surface area contributed by atoms with Crippen LogP contribution in [0.25, 0.3) is 0 Å². The van der Waals surface area contributed by atoms with E-state index in [4.69, 9.17) is 18.9 Å². The summed E-state index contributed by atoms with van der Waals surface area (Å²) in [5.74, 6) is 3.06. The van der Waals surface area contributed by atoms with Gasteiger partial charge in [0.1, 0.15) is 18.1 Å². The molecule has 4 nitrogen and oxygen atoms in total. The molecule has 2 fully saturated rings. The van der Waals surface area contributed by atoms with Crippen molar-refractivity contribution in [2.45, 2.75) is 62.8 Å². The second-order valence-electron chi connectivity index (χ2n) is 12.1. The van der Waals surface area contributed by atoms with E-state index in [1.54, 1.807) is 0 Å². The average Bonchev–Trinajstić information content (AvgIpc) is 3.53. The average molecular weight is 561 g/mol. The molecule has 1 aliphatic heterocycles. The maximum absolute atomic E-state index is 6.19. The highest BCUT2D eigenvalue weighted by atomic mass is 16.7. The third-order valence-electron chi connectivity index (χ3n) is 9.33. The molecule has 3 aliphatic rings. The molecule has 4 aromatic rings. The van der Waals surface area contributed by atoms with Crippen LogP contribution in [0.15, 0.2) is 103 Å². The number of benzene rings is 4. The normalized spacial score (nSPS) is 21.0. The Morgan fingerprint density at radius 3 is 2.19 bits per heavy atom. The predicted molar refractivity (Wildman–Crippen MR) is 165 cm³/mol.